The van der Waals surface area contributed by atoms with Crippen LogP contribution in [0.4, 0.5) is 0 Å². The Morgan fingerprint density at radius 3 is 2.54 bits per heavy atom. The van der Waals surface area contributed by atoms with Crippen molar-refractivity contribution in [3.05, 3.63) is 12.2 Å². The van der Waals surface area contributed by atoms with Gasteiger partial charge in [-0.05, 0) is 28.2 Å². The Bertz CT molecular complexity index is 170. The SMILES string of the molecule is CNC1C=[C-]CN(C)C1N(C)C.[W+2]. The molecule has 2 atom stereocenters. The molecular weight excluding hydrogens is 334 g/mol. The van der Waals surface area contributed by atoms with Crippen LogP contribution in [-0.4, -0.2) is 56.7 Å². The Balaban J connectivity index is 0.00000144. The zero-order valence-corrected chi connectivity index (χ0v) is 11.7. The molecule has 1 N–H and O–H groups in total. The first-order chi connectivity index (χ1) is 5.66. The van der Waals surface area contributed by atoms with Crippen molar-refractivity contribution < 1.29 is 21.1 Å². The van der Waals surface area contributed by atoms with Crippen LogP contribution in [0.1, 0.15) is 0 Å². The van der Waals surface area contributed by atoms with E-state index in [0.29, 0.717) is 12.2 Å². The smallest absolute Gasteiger partial charge is 0.484 e. The summed E-state index contributed by atoms with van der Waals surface area (Å²) < 4.78 is 0. The third-order valence-electron chi connectivity index (χ3n) is 2.27. The minimum absolute atomic E-state index is 0. The number of rotatable bonds is 2. The monoisotopic (exact) mass is 352 g/mol. The second kappa shape index (κ2) is 5.92. The number of hydrogen-bond donors (Lipinski definition) is 1. The largest absolute Gasteiger partial charge is 2.00 e. The first kappa shape index (κ1) is 13.3. The fourth-order valence-electron chi connectivity index (χ4n) is 1.73. The molecule has 0 bridgehead atoms. The third kappa shape index (κ3) is 3.17. The molecule has 0 aromatic carbocycles. The van der Waals surface area contributed by atoms with Gasteiger partial charge in [0.05, 0.1) is 6.17 Å². The number of nitrogens with zero attached hydrogens (tertiary/aromatic N) is 2. The van der Waals surface area contributed by atoms with Crippen LogP contribution in [0.2, 0.25) is 0 Å². The van der Waals surface area contributed by atoms with Crippen LogP contribution in [0.3, 0.4) is 0 Å². The van der Waals surface area contributed by atoms with Crippen LogP contribution >= 0.6 is 0 Å². The van der Waals surface area contributed by atoms with E-state index in [1.54, 1.807) is 0 Å². The fourth-order valence-corrected chi connectivity index (χ4v) is 1.73. The van der Waals surface area contributed by atoms with Gasteiger partial charge in [-0.3, -0.25) is 4.90 Å². The van der Waals surface area contributed by atoms with E-state index in [1.807, 2.05) is 7.05 Å². The Labute approximate surface area is 95.4 Å². The summed E-state index contributed by atoms with van der Waals surface area (Å²) in [5, 5.41) is 3.26. The van der Waals surface area contributed by atoms with Gasteiger partial charge in [-0.15, -0.1) is 6.54 Å². The average Bonchev–Trinajstić information content (AvgIpc) is 2.03. The Morgan fingerprint density at radius 2 is 2.15 bits per heavy atom. The molecular formula is C9H18N3W+. The molecule has 0 aliphatic carbocycles. The molecule has 0 aromatic rings. The maximum Gasteiger partial charge on any atom is 2.00 e. The molecule has 0 spiro atoms. The van der Waals surface area contributed by atoms with E-state index in [1.165, 1.54) is 0 Å². The normalized spacial score (nSPS) is 29.0. The summed E-state index contributed by atoms with van der Waals surface area (Å²) in [4.78, 5) is 4.50. The minimum atomic E-state index is 0. The van der Waals surface area contributed by atoms with Crippen LogP contribution in [0.15, 0.2) is 6.08 Å². The van der Waals surface area contributed by atoms with E-state index >= 15 is 0 Å². The van der Waals surface area contributed by atoms with Gasteiger partial charge in [0, 0.05) is 6.04 Å². The first-order valence-corrected chi connectivity index (χ1v) is 4.27. The summed E-state index contributed by atoms with van der Waals surface area (Å²) >= 11 is 0. The van der Waals surface area contributed by atoms with E-state index in [-0.39, 0.29) is 21.1 Å². The van der Waals surface area contributed by atoms with Crippen molar-refractivity contribution in [3.8, 4) is 0 Å². The molecule has 0 fully saturated rings. The van der Waals surface area contributed by atoms with Gasteiger partial charge in [0.2, 0.25) is 0 Å². The van der Waals surface area contributed by atoms with Gasteiger partial charge in [-0.1, -0.05) is 0 Å². The van der Waals surface area contributed by atoms with Crippen molar-refractivity contribution in [1.29, 1.82) is 0 Å². The van der Waals surface area contributed by atoms with Gasteiger partial charge in [0.25, 0.3) is 0 Å². The number of hydrogen-bond acceptors (Lipinski definition) is 3. The number of likely N-dealkylation sites (N-methyl/N-ethyl adjacent to an activating group) is 3. The zero-order valence-electron chi connectivity index (χ0n) is 8.74. The van der Waals surface area contributed by atoms with Gasteiger partial charge < -0.3 is 16.3 Å². The molecule has 2 unspecified atom stereocenters. The molecule has 1 aliphatic heterocycles. The summed E-state index contributed by atoms with van der Waals surface area (Å²) in [5.74, 6) is 0. The van der Waals surface area contributed by atoms with Crippen molar-refractivity contribution in [2.45, 2.75) is 12.2 Å². The van der Waals surface area contributed by atoms with E-state index in [2.05, 4.69) is 48.4 Å². The summed E-state index contributed by atoms with van der Waals surface area (Å²) in [6.07, 6.45) is 5.79. The van der Waals surface area contributed by atoms with Crippen molar-refractivity contribution >= 4 is 0 Å². The van der Waals surface area contributed by atoms with Crippen molar-refractivity contribution in [3.63, 3.8) is 0 Å². The predicted molar refractivity (Wildman–Crippen MR) is 50.8 cm³/mol. The summed E-state index contributed by atoms with van der Waals surface area (Å²) in [7, 11) is 8.31. The molecule has 0 saturated carbocycles. The topological polar surface area (TPSA) is 18.5 Å². The molecule has 1 rings (SSSR count). The van der Waals surface area contributed by atoms with E-state index < -0.39 is 0 Å². The van der Waals surface area contributed by atoms with E-state index in [9.17, 15) is 0 Å². The van der Waals surface area contributed by atoms with Crippen molar-refractivity contribution in [2.75, 3.05) is 34.7 Å². The van der Waals surface area contributed by atoms with Gasteiger partial charge in [-0.2, -0.15) is 0 Å². The molecule has 1 heterocycles. The Morgan fingerprint density at radius 1 is 1.54 bits per heavy atom. The molecule has 1 aliphatic rings. The molecule has 3 nitrogen and oxygen atoms in total. The summed E-state index contributed by atoms with van der Waals surface area (Å²) in [6.45, 7) is 0.918. The molecule has 0 amide bonds. The molecule has 0 saturated heterocycles. The van der Waals surface area contributed by atoms with Gasteiger partial charge in [0.1, 0.15) is 0 Å². The fraction of sp³-hybridized carbons (Fsp3) is 0.778. The van der Waals surface area contributed by atoms with Gasteiger partial charge >= 0.3 is 21.1 Å². The maximum absolute atomic E-state index is 3.26. The zero-order chi connectivity index (χ0) is 9.14. The van der Waals surface area contributed by atoms with Gasteiger partial charge in [0.15, 0.2) is 0 Å². The molecule has 4 heteroatoms. The molecule has 0 radical (unpaired) electrons. The number of nitrogens with one attached hydrogen (secondary N) is 1. The van der Waals surface area contributed by atoms with Crippen LogP contribution in [0.5, 0.6) is 0 Å². The van der Waals surface area contributed by atoms with Crippen LogP contribution < -0.4 is 5.32 Å². The molecule has 13 heavy (non-hydrogen) atoms. The second-order valence-electron chi connectivity index (χ2n) is 3.48. The predicted octanol–water partition coefficient (Wildman–Crippen LogP) is -0.236. The average molecular weight is 352 g/mol. The standard InChI is InChI=1S/C9H18N3.W/c1-10-8-6-5-7-12(4)9(8)11(2)3;/h6,8-10H,7H2,1-4H3;/q-1;+2. The second-order valence-corrected chi connectivity index (χ2v) is 3.48. The van der Waals surface area contributed by atoms with Crippen LogP contribution in [0.25, 0.3) is 0 Å². The molecule has 74 valence electrons. The maximum atomic E-state index is 3.26. The van der Waals surface area contributed by atoms with Crippen molar-refractivity contribution in [1.82, 2.24) is 15.1 Å². The van der Waals surface area contributed by atoms with Gasteiger partial charge in [-0.25, -0.2) is 6.08 Å². The summed E-state index contributed by atoms with van der Waals surface area (Å²) in [5.41, 5.74) is 0. The van der Waals surface area contributed by atoms with Crippen LogP contribution in [-0.2, 0) is 21.1 Å². The minimum Gasteiger partial charge on any atom is -0.484 e. The van der Waals surface area contributed by atoms with Crippen LogP contribution in [0, 0.1) is 6.08 Å². The van der Waals surface area contributed by atoms with E-state index in [0.717, 1.165) is 6.54 Å². The molecule has 0 aromatic heterocycles. The Kier molecular flexibility index (Phi) is 6.06. The third-order valence-corrected chi connectivity index (χ3v) is 2.27. The Hall–Kier alpha value is 0.308. The van der Waals surface area contributed by atoms with Crippen molar-refractivity contribution in [2.24, 2.45) is 0 Å². The first-order valence-electron chi connectivity index (χ1n) is 4.27. The quantitative estimate of drug-likeness (QED) is 0.693. The summed E-state index contributed by atoms with van der Waals surface area (Å²) in [6, 6.07) is 0.388. The van der Waals surface area contributed by atoms with E-state index in [4.69, 9.17) is 0 Å².